The maximum Gasteiger partial charge on any atom is 0.416 e. The van der Waals surface area contributed by atoms with Crippen LogP contribution in [0.2, 0.25) is 0 Å². The molecule has 0 aliphatic carbocycles. The zero-order valence-electron chi connectivity index (χ0n) is 15.5. The first-order chi connectivity index (χ1) is 13.8. The zero-order chi connectivity index (χ0) is 20.6. The highest BCUT2D eigenvalue weighted by atomic mass is 19.4. The summed E-state index contributed by atoms with van der Waals surface area (Å²) in [6.07, 6.45) is -3.16. The Morgan fingerprint density at radius 2 is 1.83 bits per heavy atom. The fraction of sp³-hybridized carbons (Fsp3) is 0.333. The number of rotatable bonds is 1. The molecule has 0 bridgehead atoms. The summed E-state index contributed by atoms with van der Waals surface area (Å²) in [7, 11) is 0. The number of ether oxygens (including phenoxy) is 1. The number of hydrogen-bond acceptors (Lipinski definition) is 3. The molecule has 2 aromatic carbocycles. The first-order valence-electron chi connectivity index (χ1n) is 9.28. The molecule has 1 unspecified atom stereocenters. The number of likely N-dealkylation sites (tertiary alicyclic amines) is 1. The van der Waals surface area contributed by atoms with Crippen molar-refractivity contribution >= 4 is 11.8 Å². The summed E-state index contributed by atoms with van der Waals surface area (Å²) < 4.78 is 44.1. The molecule has 2 aliphatic rings. The van der Waals surface area contributed by atoms with Gasteiger partial charge in [-0.1, -0.05) is 12.1 Å². The van der Waals surface area contributed by atoms with Gasteiger partial charge in [-0.05, 0) is 49.2 Å². The number of amides is 2. The first-order valence-corrected chi connectivity index (χ1v) is 9.28. The van der Waals surface area contributed by atoms with Crippen LogP contribution in [0.1, 0.15) is 39.1 Å². The van der Waals surface area contributed by atoms with Gasteiger partial charge in [-0.3, -0.25) is 9.59 Å². The van der Waals surface area contributed by atoms with Gasteiger partial charge in [0, 0.05) is 18.7 Å². The van der Waals surface area contributed by atoms with Crippen LogP contribution in [0.3, 0.4) is 0 Å². The predicted octanol–water partition coefficient (Wildman–Crippen LogP) is 3.50. The molecule has 1 saturated heterocycles. The second-order valence-corrected chi connectivity index (χ2v) is 7.42. The molecule has 8 heteroatoms. The molecule has 1 N–H and O–H groups in total. The lowest BCUT2D eigenvalue weighted by Crippen LogP contribution is -2.61. The summed E-state index contributed by atoms with van der Waals surface area (Å²) in [5.41, 5.74) is -0.920. The number of benzene rings is 2. The van der Waals surface area contributed by atoms with Crippen molar-refractivity contribution in [3.05, 3.63) is 65.2 Å². The number of para-hydroxylation sites is 1. The maximum atomic E-state index is 12.9. The molecular formula is C21H19F3N2O3. The molecule has 152 valence electrons. The lowest BCUT2D eigenvalue weighted by atomic mass is 9.89. The van der Waals surface area contributed by atoms with Gasteiger partial charge in [0.15, 0.2) is 0 Å². The highest BCUT2D eigenvalue weighted by molar-refractivity contribution is 5.98. The molecule has 0 aromatic heterocycles. The molecule has 4 rings (SSSR count). The fourth-order valence-corrected chi connectivity index (χ4v) is 3.85. The Kier molecular flexibility index (Phi) is 4.72. The molecule has 29 heavy (non-hydrogen) atoms. The summed E-state index contributed by atoms with van der Waals surface area (Å²) >= 11 is 0. The van der Waals surface area contributed by atoms with Crippen LogP contribution in [0.5, 0.6) is 5.75 Å². The number of alkyl halides is 3. The van der Waals surface area contributed by atoms with Gasteiger partial charge in [-0.25, -0.2) is 0 Å². The Hall–Kier alpha value is -3.03. The number of piperidine rings is 1. The van der Waals surface area contributed by atoms with Gasteiger partial charge in [0.05, 0.1) is 16.7 Å². The predicted molar refractivity (Wildman–Crippen MR) is 98.7 cm³/mol. The highest BCUT2D eigenvalue weighted by Gasteiger charge is 2.42. The Morgan fingerprint density at radius 1 is 1.10 bits per heavy atom. The second-order valence-electron chi connectivity index (χ2n) is 7.42. The van der Waals surface area contributed by atoms with E-state index in [1.54, 1.807) is 29.2 Å². The van der Waals surface area contributed by atoms with Gasteiger partial charge >= 0.3 is 6.18 Å². The lowest BCUT2D eigenvalue weighted by Gasteiger charge is -2.42. The summed E-state index contributed by atoms with van der Waals surface area (Å²) in [6.45, 7) is 0.906. The Labute approximate surface area is 165 Å². The smallest absolute Gasteiger partial charge is 0.416 e. The first kappa shape index (κ1) is 19.3. The molecule has 2 amide bonds. The average molecular weight is 404 g/mol. The van der Waals surface area contributed by atoms with E-state index in [0.29, 0.717) is 30.7 Å². The van der Waals surface area contributed by atoms with Gasteiger partial charge in [0.2, 0.25) is 0 Å². The van der Waals surface area contributed by atoms with E-state index in [0.717, 1.165) is 12.1 Å². The van der Waals surface area contributed by atoms with Crippen molar-refractivity contribution in [2.75, 3.05) is 19.7 Å². The van der Waals surface area contributed by atoms with E-state index in [-0.39, 0.29) is 30.5 Å². The Balaban J connectivity index is 1.52. The summed E-state index contributed by atoms with van der Waals surface area (Å²) in [5, 5.41) is 3.01. The van der Waals surface area contributed by atoms with Crippen molar-refractivity contribution in [1.82, 2.24) is 10.2 Å². The van der Waals surface area contributed by atoms with E-state index in [4.69, 9.17) is 4.74 Å². The fourth-order valence-electron chi connectivity index (χ4n) is 3.85. The quantitative estimate of drug-likeness (QED) is 0.792. The van der Waals surface area contributed by atoms with Crippen LogP contribution in [0, 0.1) is 0 Å². The monoisotopic (exact) mass is 404 g/mol. The van der Waals surface area contributed by atoms with Crippen molar-refractivity contribution in [3.63, 3.8) is 0 Å². The van der Waals surface area contributed by atoms with Crippen LogP contribution in [-0.4, -0.2) is 41.9 Å². The van der Waals surface area contributed by atoms with Crippen molar-refractivity contribution in [2.24, 2.45) is 0 Å². The van der Waals surface area contributed by atoms with Crippen LogP contribution < -0.4 is 10.1 Å². The highest BCUT2D eigenvalue weighted by Crippen LogP contribution is 2.31. The second kappa shape index (κ2) is 7.09. The van der Waals surface area contributed by atoms with Gasteiger partial charge in [-0.15, -0.1) is 0 Å². The van der Waals surface area contributed by atoms with Crippen LogP contribution in [0.4, 0.5) is 13.2 Å². The molecule has 2 heterocycles. The summed E-state index contributed by atoms with van der Waals surface area (Å²) in [6, 6.07) is 11.1. The molecule has 0 saturated carbocycles. The largest absolute Gasteiger partial charge is 0.490 e. The van der Waals surface area contributed by atoms with Crippen molar-refractivity contribution in [3.8, 4) is 5.75 Å². The van der Waals surface area contributed by atoms with Crippen LogP contribution >= 0.6 is 0 Å². The van der Waals surface area contributed by atoms with Crippen LogP contribution in [-0.2, 0) is 6.18 Å². The molecule has 0 radical (unpaired) electrons. The zero-order valence-corrected chi connectivity index (χ0v) is 15.5. The van der Waals surface area contributed by atoms with E-state index in [1.165, 1.54) is 12.1 Å². The molecule has 1 atom stereocenters. The minimum atomic E-state index is -4.45. The number of nitrogens with zero attached hydrogens (tertiary/aromatic N) is 1. The Morgan fingerprint density at radius 3 is 2.55 bits per heavy atom. The van der Waals surface area contributed by atoms with E-state index in [9.17, 15) is 22.8 Å². The molecular weight excluding hydrogens is 385 g/mol. The third kappa shape index (κ3) is 3.79. The molecule has 2 aliphatic heterocycles. The minimum Gasteiger partial charge on any atom is -0.490 e. The van der Waals surface area contributed by atoms with Crippen LogP contribution in [0.15, 0.2) is 48.5 Å². The number of fused-ring (bicyclic) bond motifs is 1. The maximum absolute atomic E-state index is 12.9. The summed E-state index contributed by atoms with van der Waals surface area (Å²) in [4.78, 5) is 27.1. The average Bonchev–Trinajstić information content (AvgIpc) is 2.84. The van der Waals surface area contributed by atoms with Gasteiger partial charge in [0.1, 0.15) is 12.4 Å². The SMILES string of the molecule is O=C1NC2(CCCN(C(=O)c3ccc(C(F)(F)F)cc3)C2)COc2ccccc21. The van der Waals surface area contributed by atoms with E-state index >= 15 is 0 Å². The van der Waals surface area contributed by atoms with Gasteiger partial charge in [-0.2, -0.15) is 13.2 Å². The number of nitrogens with one attached hydrogen (secondary N) is 1. The van der Waals surface area contributed by atoms with Crippen molar-refractivity contribution in [1.29, 1.82) is 0 Å². The van der Waals surface area contributed by atoms with E-state index in [2.05, 4.69) is 5.32 Å². The third-order valence-electron chi connectivity index (χ3n) is 5.34. The van der Waals surface area contributed by atoms with Gasteiger partial charge < -0.3 is 15.0 Å². The topological polar surface area (TPSA) is 58.6 Å². The number of halogens is 3. The van der Waals surface area contributed by atoms with Gasteiger partial charge in [0.25, 0.3) is 11.8 Å². The van der Waals surface area contributed by atoms with E-state index < -0.39 is 17.3 Å². The van der Waals surface area contributed by atoms with E-state index in [1.807, 2.05) is 0 Å². The standard InChI is InChI=1S/C21H19F3N2O3/c22-21(23,24)15-8-6-14(7-9-15)19(28)26-11-3-10-20(12-26)13-29-17-5-2-1-4-16(17)18(27)25-20/h1-2,4-9H,3,10-13H2,(H,25,27). The minimum absolute atomic E-state index is 0.180. The lowest BCUT2D eigenvalue weighted by molar-refractivity contribution is -0.137. The van der Waals surface area contributed by atoms with Crippen LogP contribution in [0.25, 0.3) is 0 Å². The van der Waals surface area contributed by atoms with Crippen molar-refractivity contribution in [2.45, 2.75) is 24.6 Å². The molecule has 5 nitrogen and oxygen atoms in total. The molecule has 1 fully saturated rings. The summed E-state index contributed by atoms with van der Waals surface area (Å²) in [5.74, 6) is -0.135. The number of hydrogen-bond donors (Lipinski definition) is 1. The number of carbonyl (C=O) groups is 2. The number of carbonyl (C=O) groups excluding carboxylic acids is 2. The normalized spacial score (nSPS) is 21.8. The van der Waals surface area contributed by atoms with Crippen molar-refractivity contribution < 1.29 is 27.5 Å². The molecule has 1 spiro atoms. The molecule has 2 aromatic rings. The third-order valence-corrected chi connectivity index (χ3v) is 5.34. The Bertz CT molecular complexity index is 943.